The maximum absolute atomic E-state index is 9.41. The molecule has 3 nitrogen and oxygen atoms in total. The van der Waals surface area contributed by atoms with Gasteiger partial charge in [0.25, 0.3) is 0 Å². The molecule has 0 amide bonds. The third-order valence-corrected chi connectivity index (χ3v) is 3.27. The number of rotatable bonds is 6. The molecule has 0 fully saturated rings. The Morgan fingerprint density at radius 3 is 2.25 bits per heavy atom. The van der Waals surface area contributed by atoms with Crippen LogP contribution in [0.15, 0.2) is 53.0 Å². The summed E-state index contributed by atoms with van der Waals surface area (Å²) in [7, 11) is 0. The summed E-state index contributed by atoms with van der Waals surface area (Å²) in [5, 5.41) is 9.41. The fraction of sp³-hybridized carbons (Fsp3) is 0.250. The Bertz CT molecular complexity index is 538. The first kappa shape index (κ1) is 14.9. The number of benzene rings is 2. The minimum absolute atomic E-state index is 0.455. The average molecular weight is 337 g/mol. The molecule has 0 aromatic heterocycles. The fourth-order valence-corrected chi connectivity index (χ4v) is 2.10. The lowest BCUT2D eigenvalue weighted by Gasteiger charge is -2.10. The van der Waals surface area contributed by atoms with E-state index in [1.165, 1.54) is 0 Å². The summed E-state index contributed by atoms with van der Waals surface area (Å²) in [5.41, 5.74) is 0.878. The molecule has 0 saturated heterocycles. The number of aliphatic hydroxyl groups excluding tert-OH is 1. The third-order valence-electron chi connectivity index (χ3n) is 2.78. The van der Waals surface area contributed by atoms with E-state index in [2.05, 4.69) is 15.9 Å². The van der Waals surface area contributed by atoms with Crippen molar-refractivity contribution in [1.29, 1.82) is 0 Å². The molecule has 1 atom stereocenters. The second-order valence-electron chi connectivity index (χ2n) is 4.40. The van der Waals surface area contributed by atoms with Crippen molar-refractivity contribution in [2.45, 2.75) is 13.0 Å². The Kier molecular flexibility index (Phi) is 5.44. The second-order valence-corrected chi connectivity index (χ2v) is 5.31. The SMILES string of the molecule is C[C@H](O)c1ccc(OCCOc2cccc(Br)c2)cc1. The third kappa shape index (κ3) is 4.54. The van der Waals surface area contributed by atoms with E-state index in [0.717, 1.165) is 21.5 Å². The van der Waals surface area contributed by atoms with Gasteiger partial charge in [0.2, 0.25) is 0 Å². The van der Waals surface area contributed by atoms with Crippen molar-refractivity contribution >= 4 is 15.9 Å². The summed E-state index contributed by atoms with van der Waals surface area (Å²) in [6.45, 7) is 2.69. The number of aliphatic hydroxyl groups is 1. The zero-order valence-electron chi connectivity index (χ0n) is 11.3. The lowest BCUT2D eigenvalue weighted by Crippen LogP contribution is -2.09. The van der Waals surface area contributed by atoms with E-state index in [4.69, 9.17) is 9.47 Å². The van der Waals surface area contributed by atoms with Crippen molar-refractivity contribution in [3.05, 3.63) is 58.6 Å². The van der Waals surface area contributed by atoms with Gasteiger partial charge in [-0.2, -0.15) is 0 Å². The molecule has 2 rings (SSSR count). The molecule has 0 spiro atoms. The Labute approximate surface area is 127 Å². The predicted molar refractivity (Wildman–Crippen MR) is 82.2 cm³/mol. The molecular weight excluding hydrogens is 320 g/mol. The van der Waals surface area contributed by atoms with Gasteiger partial charge in [0.1, 0.15) is 24.7 Å². The van der Waals surface area contributed by atoms with E-state index < -0.39 is 6.10 Å². The predicted octanol–water partition coefficient (Wildman–Crippen LogP) is 3.96. The van der Waals surface area contributed by atoms with Gasteiger partial charge in [-0.3, -0.25) is 0 Å². The van der Waals surface area contributed by atoms with Crippen molar-refractivity contribution in [2.24, 2.45) is 0 Å². The molecule has 0 saturated carbocycles. The minimum Gasteiger partial charge on any atom is -0.490 e. The van der Waals surface area contributed by atoms with Gasteiger partial charge in [-0.05, 0) is 42.8 Å². The molecular formula is C16H17BrO3. The maximum Gasteiger partial charge on any atom is 0.122 e. The molecule has 0 unspecified atom stereocenters. The van der Waals surface area contributed by atoms with Crippen molar-refractivity contribution < 1.29 is 14.6 Å². The molecule has 2 aromatic rings. The Morgan fingerprint density at radius 1 is 1.00 bits per heavy atom. The summed E-state index contributed by atoms with van der Waals surface area (Å²) in [4.78, 5) is 0. The van der Waals surface area contributed by atoms with E-state index in [1.807, 2.05) is 48.5 Å². The molecule has 2 aromatic carbocycles. The highest BCUT2D eigenvalue weighted by molar-refractivity contribution is 9.10. The van der Waals surface area contributed by atoms with Gasteiger partial charge in [-0.1, -0.05) is 34.1 Å². The summed E-state index contributed by atoms with van der Waals surface area (Å²) in [6.07, 6.45) is -0.455. The standard InChI is InChI=1S/C16H17BrO3/c1-12(18)13-5-7-15(8-6-13)19-9-10-20-16-4-2-3-14(17)11-16/h2-8,11-12,18H,9-10H2,1H3/t12-/m0/s1. The minimum atomic E-state index is -0.455. The average Bonchev–Trinajstić information content (AvgIpc) is 2.44. The van der Waals surface area contributed by atoms with E-state index in [-0.39, 0.29) is 0 Å². The van der Waals surface area contributed by atoms with Crippen molar-refractivity contribution in [3.8, 4) is 11.5 Å². The fourth-order valence-electron chi connectivity index (χ4n) is 1.72. The summed E-state index contributed by atoms with van der Waals surface area (Å²) < 4.78 is 12.1. The van der Waals surface area contributed by atoms with Crippen molar-refractivity contribution in [3.63, 3.8) is 0 Å². The number of hydrogen-bond donors (Lipinski definition) is 1. The smallest absolute Gasteiger partial charge is 0.122 e. The molecule has 0 heterocycles. The van der Waals surface area contributed by atoms with Crippen LogP contribution in [-0.2, 0) is 0 Å². The van der Waals surface area contributed by atoms with Gasteiger partial charge in [0.15, 0.2) is 0 Å². The Morgan fingerprint density at radius 2 is 1.65 bits per heavy atom. The van der Waals surface area contributed by atoms with Gasteiger partial charge < -0.3 is 14.6 Å². The highest BCUT2D eigenvalue weighted by atomic mass is 79.9. The summed E-state index contributed by atoms with van der Waals surface area (Å²) >= 11 is 3.39. The summed E-state index contributed by atoms with van der Waals surface area (Å²) in [6, 6.07) is 15.1. The lowest BCUT2D eigenvalue weighted by atomic mass is 10.1. The first-order valence-electron chi connectivity index (χ1n) is 6.44. The van der Waals surface area contributed by atoms with E-state index in [1.54, 1.807) is 6.92 Å². The van der Waals surface area contributed by atoms with Gasteiger partial charge >= 0.3 is 0 Å². The van der Waals surface area contributed by atoms with E-state index in [9.17, 15) is 5.11 Å². The van der Waals surface area contributed by atoms with Crippen LogP contribution in [0, 0.1) is 0 Å². The molecule has 20 heavy (non-hydrogen) atoms. The molecule has 0 aliphatic carbocycles. The second kappa shape index (κ2) is 7.31. The van der Waals surface area contributed by atoms with Gasteiger partial charge in [-0.25, -0.2) is 0 Å². The van der Waals surface area contributed by atoms with Gasteiger partial charge in [0, 0.05) is 4.47 Å². The Balaban J connectivity index is 1.75. The monoisotopic (exact) mass is 336 g/mol. The van der Waals surface area contributed by atoms with Gasteiger partial charge in [0.05, 0.1) is 6.10 Å². The molecule has 0 aliphatic rings. The largest absolute Gasteiger partial charge is 0.490 e. The van der Waals surface area contributed by atoms with Crippen LogP contribution < -0.4 is 9.47 Å². The van der Waals surface area contributed by atoms with Crippen LogP contribution in [0.2, 0.25) is 0 Å². The van der Waals surface area contributed by atoms with Crippen LogP contribution in [0.25, 0.3) is 0 Å². The molecule has 0 bridgehead atoms. The zero-order valence-corrected chi connectivity index (χ0v) is 12.8. The van der Waals surface area contributed by atoms with E-state index >= 15 is 0 Å². The number of ether oxygens (including phenoxy) is 2. The van der Waals surface area contributed by atoms with Gasteiger partial charge in [-0.15, -0.1) is 0 Å². The first-order chi connectivity index (χ1) is 9.65. The highest BCUT2D eigenvalue weighted by Gasteiger charge is 2.01. The maximum atomic E-state index is 9.41. The summed E-state index contributed by atoms with van der Waals surface area (Å²) in [5.74, 6) is 1.58. The van der Waals surface area contributed by atoms with E-state index in [0.29, 0.717) is 13.2 Å². The topological polar surface area (TPSA) is 38.7 Å². The number of halogens is 1. The van der Waals surface area contributed by atoms with Crippen molar-refractivity contribution in [2.75, 3.05) is 13.2 Å². The normalized spacial score (nSPS) is 11.9. The van der Waals surface area contributed by atoms with Crippen LogP contribution >= 0.6 is 15.9 Å². The quantitative estimate of drug-likeness (QED) is 0.811. The van der Waals surface area contributed by atoms with Crippen LogP contribution in [0.5, 0.6) is 11.5 Å². The molecule has 106 valence electrons. The van der Waals surface area contributed by atoms with Crippen LogP contribution in [0.4, 0.5) is 0 Å². The molecule has 0 aliphatic heterocycles. The van der Waals surface area contributed by atoms with Crippen molar-refractivity contribution in [1.82, 2.24) is 0 Å². The number of hydrogen-bond acceptors (Lipinski definition) is 3. The van der Waals surface area contributed by atoms with Crippen LogP contribution in [0.1, 0.15) is 18.6 Å². The molecule has 0 radical (unpaired) electrons. The van der Waals surface area contributed by atoms with Crippen LogP contribution in [0.3, 0.4) is 0 Å². The lowest BCUT2D eigenvalue weighted by molar-refractivity contribution is 0.198. The van der Waals surface area contributed by atoms with Crippen LogP contribution in [-0.4, -0.2) is 18.3 Å². The molecule has 4 heteroatoms. The first-order valence-corrected chi connectivity index (χ1v) is 7.23. The molecule has 1 N–H and O–H groups in total. The Hall–Kier alpha value is -1.52. The zero-order chi connectivity index (χ0) is 14.4. The highest BCUT2D eigenvalue weighted by Crippen LogP contribution is 2.19.